The minimum absolute atomic E-state index is 0.0305. The number of nitrogens with zero attached hydrogens (tertiary/aromatic N) is 2. The number of furan rings is 1. The van der Waals surface area contributed by atoms with Crippen LogP contribution in [-0.4, -0.2) is 15.8 Å². The molecule has 0 aliphatic carbocycles. The van der Waals surface area contributed by atoms with E-state index in [9.17, 15) is 14.9 Å². The Morgan fingerprint density at radius 2 is 2.00 bits per heavy atom. The first-order valence-electron chi connectivity index (χ1n) is 8.50. The van der Waals surface area contributed by atoms with E-state index in [4.69, 9.17) is 4.42 Å². The Hall–Kier alpha value is -3.52. The molecule has 0 saturated carbocycles. The summed E-state index contributed by atoms with van der Waals surface area (Å²) in [6.45, 7) is 1.72. The zero-order valence-electron chi connectivity index (χ0n) is 14.8. The van der Waals surface area contributed by atoms with Crippen LogP contribution in [0.2, 0.25) is 0 Å². The lowest BCUT2D eigenvalue weighted by molar-refractivity contribution is -0.385. The smallest absolute Gasteiger partial charge is 0.285 e. The summed E-state index contributed by atoms with van der Waals surface area (Å²) >= 11 is 1.52. The van der Waals surface area contributed by atoms with Crippen molar-refractivity contribution in [2.75, 3.05) is 0 Å². The van der Waals surface area contributed by atoms with Gasteiger partial charge in [-0.2, -0.15) is 0 Å². The van der Waals surface area contributed by atoms with Crippen molar-refractivity contribution in [1.29, 1.82) is 0 Å². The van der Waals surface area contributed by atoms with E-state index in [1.807, 2.05) is 24.3 Å². The van der Waals surface area contributed by atoms with Crippen molar-refractivity contribution in [3.63, 3.8) is 0 Å². The number of aromatic nitrogens is 1. The molecule has 2 aromatic heterocycles. The van der Waals surface area contributed by atoms with Crippen LogP contribution in [0.5, 0.6) is 0 Å². The van der Waals surface area contributed by atoms with E-state index in [-0.39, 0.29) is 17.8 Å². The number of nitro benzene ring substituents is 1. The Labute approximate surface area is 163 Å². The van der Waals surface area contributed by atoms with Gasteiger partial charge in [0, 0.05) is 5.56 Å². The molecule has 8 heteroatoms. The number of hydrogen-bond donors (Lipinski definition) is 1. The Kier molecular flexibility index (Phi) is 4.62. The molecule has 0 spiro atoms. The van der Waals surface area contributed by atoms with Gasteiger partial charge in [0.25, 0.3) is 11.6 Å². The van der Waals surface area contributed by atoms with Gasteiger partial charge >= 0.3 is 0 Å². The maximum atomic E-state index is 12.4. The Bertz CT molecular complexity index is 1160. The Morgan fingerprint density at radius 3 is 2.79 bits per heavy atom. The third kappa shape index (κ3) is 3.37. The zero-order valence-corrected chi connectivity index (χ0v) is 15.7. The molecule has 0 aliphatic rings. The topological polar surface area (TPSA) is 98.3 Å². The van der Waals surface area contributed by atoms with Gasteiger partial charge in [0.05, 0.1) is 21.7 Å². The average molecular weight is 393 g/mol. The highest BCUT2D eigenvalue weighted by Gasteiger charge is 2.22. The lowest BCUT2D eigenvalue weighted by atomic mass is 10.1. The minimum Gasteiger partial charge on any atom is -0.457 e. The van der Waals surface area contributed by atoms with Gasteiger partial charge in [-0.3, -0.25) is 14.9 Å². The summed E-state index contributed by atoms with van der Waals surface area (Å²) in [6.07, 6.45) is 0. The van der Waals surface area contributed by atoms with Crippen LogP contribution in [-0.2, 0) is 6.54 Å². The van der Waals surface area contributed by atoms with E-state index in [0.29, 0.717) is 17.1 Å². The standard InChI is InChI=1S/C20H15N3O4S/c1-12-5-4-6-14(18(12)23(25)26)19(24)21-11-13-9-10-16(27-13)20-22-15-7-2-3-8-17(15)28-20/h2-10H,11H2,1H3,(H,21,24). The first-order valence-corrected chi connectivity index (χ1v) is 9.31. The van der Waals surface area contributed by atoms with Crippen LogP contribution in [0, 0.1) is 17.0 Å². The van der Waals surface area contributed by atoms with Crippen molar-refractivity contribution < 1.29 is 14.1 Å². The number of nitrogens with one attached hydrogen (secondary N) is 1. The number of rotatable bonds is 5. The van der Waals surface area contributed by atoms with Crippen molar-refractivity contribution in [2.45, 2.75) is 13.5 Å². The van der Waals surface area contributed by atoms with Gasteiger partial charge < -0.3 is 9.73 Å². The van der Waals surface area contributed by atoms with Crippen molar-refractivity contribution in [2.24, 2.45) is 0 Å². The summed E-state index contributed by atoms with van der Waals surface area (Å²) < 4.78 is 6.85. The average Bonchev–Trinajstić information content (AvgIpc) is 3.32. The summed E-state index contributed by atoms with van der Waals surface area (Å²) in [4.78, 5) is 27.7. The predicted molar refractivity (Wildman–Crippen MR) is 106 cm³/mol. The van der Waals surface area contributed by atoms with Crippen LogP contribution in [0.3, 0.4) is 0 Å². The molecule has 1 N–H and O–H groups in total. The molecule has 7 nitrogen and oxygen atoms in total. The number of thiazole rings is 1. The number of para-hydroxylation sites is 2. The Morgan fingerprint density at radius 1 is 1.18 bits per heavy atom. The molecule has 1 amide bonds. The second kappa shape index (κ2) is 7.24. The number of fused-ring (bicyclic) bond motifs is 1. The SMILES string of the molecule is Cc1cccc(C(=O)NCc2ccc(-c3nc4ccccc4s3)o2)c1[N+](=O)[O-]. The van der Waals surface area contributed by atoms with Gasteiger partial charge in [0.2, 0.25) is 0 Å². The van der Waals surface area contributed by atoms with Crippen LogP contribution >= 0.6 is 11.3 Å². The first kappa shape index (κ1) is 17.9. The van der Waals surface area contributed by atoms with Gasteiger partial charge in [-0.25, -0.2) is 4.98 Å². The molecule has 0 saturated heterocycles. The highest BCUT2D eigenvalue weighted by Crippen LogP contribution is 2.31. The zero-order chi connectivity index (χ0) is 19.7. The monoisotopic (exact) mass is 393 g/mol. The molecule has 4 rings (SSSR count). The molecule has 0 fully saturated rings. The van der Waals surface area contributed by atoms with E-state index < -0.39 is 10.8 Å². The van der Waals surface area contributed by atoms with Crippen molar-refractivity contribution in [3.8, 4) is 10.8 Å². The van der Waals surface area contributed by atoms with E-state index in [1.165, 1.54) is 17.4 Å². The fourth-order valence-corrected chi connectivity index (χ4v) is 3.84. The number of carbonyl (C=O) groups is 1. The van der Waals surface area contributed by atoms with Crippen LogP contribution < -0.4 is 5.32 Å². The van der Waals surface area contributed by atoms with Crippen molar-refractivity contribution >= 4 is 33.1 Å². The maximum absolute atomic E-state index is 12.4. The number of amides is 1. The molecule has 0 radical (unpaired) electrons. The van der Waals surface area contributed by atoms with Crippen LogP contribution in [0.25, 0.3) is 21.0 Å². The van der Waals surface area contributed by atoms with Gasteiger partial charge in [-0.1, -0.05) is 24.3 Å². The predicted octanol–water partition coefficient (Wildman–Crippen LogP) is 4.70. The summed E-state index contributed by atoms with van der Waals surface area (Å²) in [5.41, 5.74) is 1.19. The van der Waals surface area contributed by atoms with Crippen molar-refractivity contribution in [3.05, 3.63) is 81.6 Å². The summed E-state index contributed by atoms with van der Waals surface area (Å²) in [6, 6.07) is 16.0. The fourth-order valence-electron chi connectivity index (χ4n) is 2.91. The molecule has 2 aromatic carbocycles. The quantitative estimate of drug-likeness (QED) is 0.391. The summed E-state index contributed by atoms with van der Waals surface area (Å²) in [5.74, 6) is 0.637. The number of hydrogen-bond acceptors (Lipinski definition) is 6. The second-order valence-electron chi connectivity index (χ2n) is 6.16. The van der Waals surface area contributed by atoms with Gasteiger partial charge in [-0.15, -0.1) is 11.3 Å². The fraction of sp³-hybridized carbons (Fsp3) is 0.100. The largest absolute Gasteiger partial charge is 0.457 e. The van der Waals surface area contributed by atoms with Crippen LogP contribution in [0.15, 0.2) is 59.0 Å². The highest BCUT2D eigenvalue weighted by molar-refractivity contribution is 7.21. The number of carbonyl (C=O) groups excluding carboxylic acids is 1. The lowest BCUT2D eigenvalue weighted by Gasteiger charge is -2.06. The molecule has 2 heterocycles. The van der Waals surface area contributed by atoms with Crippen LogP contribution in [0.4, 0.5) is 5.69 Å². The second-order valence-corrected chi connectivity index (χ2v) is 7.19. The van der Waals surface area contributed by atoms with E-state index in [2.05, 4.69) is 10.3 Å². The molecule has 4 aromatic rings. The lowest BCUT2D eigenvalue weighted by Crippen LogP contribution is -2.23. The first-order chi connectivity index (χ1) is 13.5. The van der Waals surface area contributed by atoms with Crippen LogP contribution in [0.1, 0.15) is 21.7 Å². The summed E-state index contributed by atoms with van der Waals surface area (Å²) in [7, 11) is 0. The molecule has 0 unspecified atom stereocenters. The molecule has 0 bridgehead atoms. The maximum Gasteiger partial charge on any atom is 0.285 e. The molecular weight excluding hydrogens is 378 g/mol. The summed E-state index contributed by atoms with van der Waals surface area (Å²) in [5, 5.41) is 14.7. The Balaban J connectivity index is 1.50. The third-order valence-electron chi connectivity index (χ3n) is 4.25. The number of aryl methyl sites for hydroxylation is 1. The minimum atomic E-state index is -0.539. The molecule has 0 aliphatic heterocycles. The molecule has 0 atom stereocenters. The molecule has 28 heavy (non-hydrogen) atoms. The third-order valence-corrected chi connectivity index (χ3v) is 5.31. The van der Waals surface area contributed by atoms with E-state index >= 15 is 0 Å². The van der Waals surface area contributed by atoms with E-state index in [1.54, 1.807) is 31.2 Å². The van der Waals surface area contributed by atoms with Gasteiger partial charge in [0.1, 0.15) is 11.3 Å². The van der Waals surface area contributed by atoms with Gasteiger partial charge in [0.15, 0.2) is 10.8 Å². The van der Waals surface area contributed by atoms with Gasteiger partial charge in [-0.05, 0) is 37.3 Å². The van der Waals surface area contributed by atoms with Crippen molar-refractivity contribution in [1.82, 2.24) is 10.3 Å². The molecular formula is C20H15N3O4S. The van der Waals surface area contributed by atoms with E-state index in [0.717, 1.165) is 15.2 Å². The number of benzene rings is 2. The molecule has 140 valence electrons. The normalized spacial score (nSPS) is 10.9. The number of nitro groups is 1. The highest BCUT2D eigenvalue weighted by atomic mass is 32.1.